The van der Waals surface area contributed by atoms with Crippen molar-refractivity contribution in [1.29, 1.82) is 0 Å². The van der Waals surface area contributed by atoms with Gasteiger partial charge in [-0.3, -0.25) is 9.69 Å². The number of hydrogen-bond acceptors (Lipinski definition) is 3. The van der Waals surface area contributed by atoms with Gasteiger partial charge in [0.1, 0.15) is 11.9 Å². The van der Waals surface area contributed by atoms with E-state index < -0.39 is 0 Å². The number of piperidine rings is 1. The smallest absolute Gasteiger partial charge is 0.324 e. The minimum Gasteiger partial charge on any atom is -0.487 e. The summed E-state index contributed by atoms with van der Waals surface area (Å²) in [6.45, 7) is 8.13. The molecule has 5 fully saturated rings. The van der Waals surface area contributed by atoms with Gasteiger partial charge >= 0.3 is 6.03 Å². The Morgan fingerprint density at radius 1 is 1.06 bits per heavy atom. The molecule has 0 unspecified atom stereocenters. The Morgan fingerprint density at radius 2 is 1.69 bits per heavy atom. The number of ether oxygens (including phenoxy) is 1. The number of carbonyl (C=O) groups excluding carboxylic acids is 2. The lowest BCUT2D eigenvalue weighted by Crippen LogP contribution is -2.57. The average Bonchev–Trinajstić information content (AvgIpc) is 2.82. The van der Waals surface area contributed by atoms with Gasteiger partial charge in [0.05, 0.1) is 12.2 Å². The van der Waals surface area contributed by atoms with Gasteiger partial charge < -0.3 is 15.0 Å². The zero-order valence-corrected chi connectivity index (χ0v) is 21.6. The molecule has 0 aromatic heterocycles. The Balaban J connectivity index is 1.06. The summed E-state index contributed by atoms with van der Waals surface area (Å²) in [5.74, 6) is 3.68. The number of nitrogens with zero attached hydrogens (tertiary/aromatic N) is 2. The number of benzene rings is 1. The molecule has 1 aromatic rings. The van der Waals surface area contributed by atoms with Gasteiger partial charge in [0, 0.05) is 25.0 Å². The van der Waals surface area contributed by atoms with Crippen LogP contribution in [-0.4, -0.2) is 48.6 Å². The molecule has 2 heterocycles. The van der Waals surface area contributed by atoms with E-state index in [0.29, 0.717) is 25.0 Å². The number of likely N-dealkylation sites (tertiary alicyclic amines) is 1. The average molecular weight is 480 g/mol. The van der Waals surface area contributed by atoms with Gasteiger partial charge in [0.2, 0.25) is 5.91 Å². The standard InChI is InChI=1S/C29H41N3O3/c1-18-4-5-26-25(10-18)32(17-19(2)35-26)28(34)31-8-6-24(7-9-31)27(33)30-20(3)29-14-21-11-22(15-29)13-23(12-21)16-29/h4-5,10,19-24H,6-9,11-17H2,1-3H3,(H,30,33)/t19-,20+,21?,22?,23?,29?/m1/s1. The summed E-state index contributed by atoms with van der Waals surface area (Å²) in [6.07, 6.45) is 9.67. The maximum Gasteiger partial charge on any atom is 0.324 e. The monoisotopic (exact) mass is 479 g/mol. The van der Waals surface area contributed by atoms with Crippen molar-refractivity contribution in [2.24, 2.45) is 29.1 Å². The van der Waals surface area contributed by atoms with Crippen LogP contribution in [0.5, 0.6) is 5.75 Å². The minimum atomic E-state index is -0.0384. The van der Waals surface area contributed by atoms with Crippen molar-refractivity contribution in [3.05, 3.63) is 23.8 Å². The van der Waals surface area contributed by atoms with Crippen LogP contribution >= 0.6 is 0 Å². The van der Waals surface area contributed by atoms with Crippen molar-refractivity contribution < 1.29 is 14.3 Å². The van der Waals surface area contributed by atoms with Crippen LogP contribution in [0.1, 0.15) is 70.8 Å². The van der Waals surface area contributed by atoms with E-state index in [-0.39, 0.29) is 30.0 Å². The topological polar surface area (TPSA) is 61.9 Å². The van der Waals surface area contributed by atoms with E-state index in [1.807, 2.05) is 41.8 Å². The van der Waals surface area contributed by atoms with Crippen LogP contribution in [0, 0.1) is 36.0 Å². The highest BCUT2D eigenvalue weighted by molar-refractivity contribution is 5.94. The number of nitrogens with one attached hydrogen (secondary N) is 1. The van der Waals surface area contributed by atoms with Gasteiger partial charge in [-0.25, -0.2) is 4.79 Å². The quantitative estimate of drug-likeness (QED) is 0.653. The first-order valence-electron chi connectivity index (χ1n) is 13.9. The molecule has 1 aromatic carbocycles. The number of hydrogen-bond donors (Lipinski definition) is 1. The van der Waals surface area contributed by atoms with E-state index in [0.717, 1.165) is 47.6 Å². The minimum absolute atomic E-state index is 0.00792. The zero-order valence-electron chi connectivity index (χ0n) is 21.6. The summed E-state index contributed by atoms with van der Waals surface area (Å²) in [6, 6.07) is 6.31. The van der Waals surface area contributed by atoms with Gasteiger partial charge in [0.15, 0.2) is 0 Å². The van der Waals surface area contributed by atoms with Crippen LogP contribution in [0.15, 0.2) is 18.2 Å². The molecule has 2 aliphatic heterocycles. The highest BCUT2D eigenvalue weighted by Crippen LogP contribution is 2.61. The lowest BCUT2D eigenvalue weighted by atomic mass is 9.48. The molecular formula is C29H41N3O3. The van der Waals surface area contributed by atoms with Crippen LogP contribution < -0.4 is 15.0 Å². The molecule has 4 aliphatic carbocycles. The van der Waals surface area contributed by atoms with Crippen LogP contribution in [0.25, 0.3) is 0 Å². The number of anilines is 1. The number of aryl methyl sites for hydroxylation is 1. The lowest BCUT2D eigenvalue weighted by molar-refractivity contribution is -0.130. The van der Waals surface area contributed by atoms with Gasteiger partial charge in [-0.05, 0) is 113 Å². The summed E-state index contributed by atoms with van der Waals surface area (Å²) >= 11 is 0. The number of carbonyl (C=O) groups is 2. The summed E-state index contributed by atoms with van der Waals surface area (Å²) in [4.78, 5) is 30.6. The van der Waals surface area contributed by atoms with Crippen molar-refractivity contribution in [2.75, 3.05) is 24.5 Å². The maximum absolute atomic E-state index is 13.5. The Morgan fingerprint density at radius 3 is 2.31 bits per heavy atom. The molecule has 1 saturated heterocycles. The van der Waals surface area contributed by atoms with Crippen molar-refractivity contribution in [3.8, 4) is 5.75 Å². The fourth-order valence-electron chi connectivity index (χ4n) is 8.42. The van der Waals surface area contributed by atoms with E-state index in [9.17, 15) is 9.59 Å². The molecule has 0 radical (unpaired) electrons. The van der Waals surface area contributed by atoms with Crippen molar-refractivity contribution >= 4 is 17.6 Å². The number of urea groups is 1. The SMILES string of the molecule is Cc1ccc2c(c1)N(C(=O)N1CCC(C(=O)N[C@@H](C)C34CC5CC(CC(C5)C3)C4)CC1)C[C@@H](C)O2. The van der Waals surface area contributed by atoms with Crippen molar-refractivity contribution in [2.45, 2.75) is 84.3 Å². The third-order valence-corrected chi connectivity index (χ3v) is 9.90. The Kier molecular flexibility index (Phi) is 5.76. The zero-order chi connectivity index (χ0) is 24.3. The molecule has 7 rings (SSSR count). The Hall–Kier alpha value is -2.24. The molecule has 6 aliphatic rings. The van der Waals surface area contributed by atoms with Crippen molar-refractivity contribution in [1.82, 2.24) is 10.2 Å². The molecule has 3 amide bonds. The lowest BCUT2D eigenvalue weighted by Gasteiger charge is -2.59. The van der Waals surface area contributed by atoms with Crippen LogP contribution in [0.2, 0.25) is 0 Å². The Labute approximate surface area is 209 Å². The second kappa shape index (κ2) is 8.70. The predicted molar refractivity (Wildman–Crippen MR) is 137 cm³/mol. The van der Waals surface area contributed by atoms with E-state index in [4.69, 9.17) is 4.74 Å². The molecule has 190 valence electrons. The first kappa shape index (κ1) is 23.2. The normalized spacial score (nSPS) is 34.8. The molecule has 4 saturated carbocycles. The summed E-state index contributed by atoms with van der Waals surface area (Å²) in [7, 11) is 0. The number of fused-ring (bicyclic) bond motifs is 1. The van der Waals surface area contributed by atoms with E-state index in [1.165, 1.54) is 38.5 Å². The van der Waals surface area contributed by atoms with E-state index in [2.05, 4.69) is 12.2 Å². The highest BCUT2D eigenvalue weighted by atomic mass is 16.5. The highest BCUT2D eigenvalue weighted by Gasteiger charge is 2.53. The number of amides is 3. The first-order chi connectivity index (χ1) is 16.8. The van der Waals surface area contributed by atoms with Crippen molar-refractivity contribution in [3.63, 3.8) is 0 Å². The molecule has 6 nitrogen and oxygen atoms in total. The molecule has 1 N–H and O–H groups in total. The molecule has 2 atom stereocenters. The summed E-state index contributed by atoms with van der Waals surface area (Å²) in [5, 5.41) is 3.47. The van der Waals surface area contributed by atoms with E-state index >= 15 is 0 Å². The molecule has 6 heteroatoms. The van der Waals surface area contributed by atoms with Crippen LogP contribution in [0.3, 0.4) is 0 Å². The molecule has 35 heavy (non-hydrogen) atoms. The van der Waals surface area contributed by atoms with Gasteiger partial charge in [-0.1, -0.05) is 6.07 Å². The first-order valence-corrected chi connectivity index (χ1v) is 13.9. The largest absolute Gasteiger partial charge is 0.487 e. The van der Waals surface area contributed by atoms with Crippen LogP contribution in [0.4, 0.5) is 10.5 Å². The maximum atomic E-state index is 13.5. The second-order valence-corrected chi connectivity index (χ2v) is 12.6. The molecule has 0 spiro atoms. The number of rotatable bonds is 3. The third kappa shape index (κ3) is 4.21. The Bertz CT molecular complexity index is 964. The molecule has 4 bridgehead atoms. The summed E-state index contributed by atoms with van der Waals surface area (Å²) < 4.78 is 5.96. The van der Waals surface area contributed by atoms with E-state index in [1.54, 1.807) is 0 Å². The third-order valence-electron chi connectivity index (χ3n) is 9.90. The fraction of sp³-hybridized carbons (Fsp3) is 0.724. The van der Waals surface area contributed by atoms with Gasteiger partial charge in [-0.2, -0.15) is 0 Å². The van der Waals surface area contributed by atoms with Gasteiger partial charge in [0.25, 0.3) is 0 Å². The van der Waals surface area contributed by atoms with Crippen LogP contribution in [-0.2, 0) is 4.79 Å². The molecular weight excluding hydrogens is 438 g/mol. The fourth-order valence-corrected chi connectivity index (χ4v) is 8.42. The predicted octanol–water partition coefficient (Wildman–Crippen LogP) is 5.14. The van der Waals surface area contributed by atoms with Gasteiger partial charge in [-0.15, -0.1) is 0 Å². The second-order valence-electron chi connectivity index (χ2n) is 12.6. The summed E-state index contributed by atoms with van der Waals surface area (Å²) in [5.41, 5.74) is 2.31.